The maximum atomic E-state index is 6.51. The van der Waals surface area contributed by atoms with Gasteiger partial charge in [0, 0.05) is 37.9 Å². The molecule has 13 aromatic rings. The Balaban J connectivity index is 1.27. The first kappa shape index (κ1) is 29.0. The molecule has 5 nitrogen and oxygen atoms in total. The smallest absolute Gasteiger partial charge is 0.236 e. The fourth-order valence-corrected chi connectivity index (χ4v) is 9.45. The molecule has 4 aromatic heterocycles. The van der Waals surface area contributed by atoms with Gasteiger partial charge in [-0.2, -0.15) is 0 Å². The van der Waals surface area contributed by atoms with Gasteiger partial charge in [0.15, 0.2) is 5.58 Å². The van der Waals surface area contributed by atoms with Gasteiger partial charge in [0.25, 0.3) is 0 Å². The van der Waals surface area contributed by atoms with E-state index >= 15 is 0 Å². The van der Waals surface area contributed by atoms with Crippen molar-refractivity contribution in [2.75, 3.05) is 0 Å². The third-order valence-electron chi connectivity index (χ3n) is 11.7. The van der Waals surface area contributed by atoms with Gasteiger partial charge in [-0.05, 0) is 69.4 Å². The molecule has 9 aromatic carbocycles. The summed E-state index contributed by atoms with van der Waals surface area (Å²) >= 11 is 0. The Kier molecular flexibility index (Phi) is 5.57. The molecule has 0 N–H and O–H groups in total. The van der Waals surface area contributed by atoms with Crippen molar-refractivity contribution in [2.24, 2.45) is 0 Å². The lowest BCUT2D eigenvalue weighted by Crippen LogP contribution is -2.03. The first-order valence-electron chi connectivity index (χ1n) is 18.7. The van der Waals surface area contributed by atoms with Crippen molar-refractivity contribution in [1.82, 2.24) is 19.1 Å². The molecule has 0 spiro atoms. The van der Waals surface area contributed by atoms with E-state index in [-0.39, 0.29) is 0 Å². The van der Waals surface area contributed by atoms with Gasteiger partial charge in [0.2, 0.25) is 5.95 Å². The molecule has 0 bridgehead atoms. The quantitative estimate of drug-likeness (QED) is 0.184. The summed E-state index contributed by atoms with van der Waals surface area (Å²) in [5, 5.41) is 13.2. The molecule has 0 atom stereocenters. The zero-order valence-electron chi connectivity index (χ0n) is 29.4. The van der Waals surface area contributed by atoms with Crippen LogP contribution in [0.5, 0.6) is 0 Å². The van der Waals surface area contributed by atoms with Crippen LogP contribution in [0.25, 0.3) is 121 Å². The molecular weight excluding hydrogens is 673 g/mol. The van der Waals surface area contributed by atoms with Crippen LogP contribution in [0, 0.1) is 0 Å². The van der Waals surface area contributed by atoms with Gasteiger partial charge >= 0.3 is 0 Å². The summed E-state index contributed by atoms with van der Waals surface area (Å²) in [4.78, 5) is 10.8. The number of fused-ring (bicyclic) bond motifs is 7. The topological polar surface area (TPSA) is 48.8 Å². The van der Waals surface area contributed by atoms with Crippen LogP contribution < -0.4 is 0 Å². The summed E-state index contributed by atoms with van der Waals surface area (Å²) in [6, 6.07) is 60.7. The lowest BCUT2D eigenvalue weighted by Gasteiger charge is -2.12. The Morgan fingerprint density at radius 3 is 1.67 bits per heavy atom. The van der Waals surface area contributed by atoms with Gasteiger partial charge in [0.1, 0.15) is 16.8 Å². The molecule has 254 valence electrons. The second-order valence-corrected chi connectivity index (χ2v) is 14.5. The van der Waals surface area contributed by atoms with E-state index in [9.17, 15) is 0 Å². The van der Waals surface area contributed by atoms with Gasteiger partial charge in [-0.25, -0.2) is 9.97 Å². The molecule has 0 aliphatic carbocycles. The first-order chi connectivity index (χ1) is 27.3. The lowest BCUT2D eigenvalue weighted by atomic mass is 9.95. The first-order valence-corrected chi connectivity index (χ1v) is 18.7. The van der Waals surface area contributed by atoms with E-state index in [4.69, 9.17) is 14.4 Å². The van der Waals surface area contributed by atoms with Crippen molar-refractivity contribution in [3.8, 4) is 22.9 Å². The Hall–Kier alpha value is -7.50. The van der Waals surface area contributed by atoms with Crippen LogP contribution >= 0.6 is 0 Å². The number of furan rings is 1. The highest BCUT2D eigenvalue weighted by molar-refractivity contribution is 6.39. The number of aromatic nitrogens is 4. The highest BCUT2D eigenvalue weighted by atomic mass is 16.3. The summed E-state index contributed by atoms with van der Waals surface area (Å²) in [7, 11) is 0. The minimum atomic E-state index is 0.611. The number of hydrogen-bond acceptors (Lipinski definition) is 3. The van der Waals surface area contributed by atoms with Crippen LogP contribution in [0.2, 0.25) is 0 Å². The van der Waals surface area contributed by atoms with Crippen LogP contribution in [0.15, 0.2) is 174 Å². The molecule has 4 heterocycles. The summed E-state index contributed by atoms with van der Waals surface area (Å²) in [5.41, 5.74) is 9.68. The van der Waals surface area contributed by atoms with E-state index in [1.807, 2.05) is 36.4 Å². The summed E-state index contributed by atoms with van der Waals surface area (Å²) in [6.45, 7) is 0. The van der Waals surface area contributed by atoms with Crippen LogP contribution in [-0.2, 0) is 0 Å². The molecule has 0 unspecified atom stereocenters. The standard InChI is InChI=1S/C50H28N4O/c1-2-14-30(15-3-1)47-49-48(36-20-8-9-26-42(36)55-49)52-50(51-47)54-39-25-12-22-35-33-19-7-6-18-32(33)34-21-11-24-38-43(34)45-40(27-28-41(54)46(45)44(35)39)53(38)37-23-10-16-29-13-4-5-17-31(29)37/h1-28H. The van der Waals surface area contributed by atoms with Gasteiger partial charge in [0.05, 0.1) is 27.8 Å². The van der Waals surface area contributed by atoms with E-state index in [1.54, 1.807) is 0 Å². The van der Waals surface area contributed by atoms with E-state index in [1.165, 1.54) is 70.6 Å². The molecule has 0 saturated heterocycles. The Morgan fingerprint density at radius 1 is 0.382 bits per heavy atom. The average molecular weight is 701 g/mol. The summed E-state index contributed by atoms with van der Waals surface area (Å²) < 4.78 is 11.3. The molecule has 0 amide bonds. The van der Waals surface area contributed by atoms with Crippen molar-refractivity contribution in [2.45, 2.75) is 0 Å². The van der Waals surface area contributed by atoms with E-state index in [2.05, 4.69) is 143 Å². The minimum Gasteiger partial charge on any atom is -0.452 e. The Bertz CT molecular complexity index is 3710. The Labute approximate surface area is 313 Å². The molecule has 0 saturated carbocycles. The maximum Gasteiger partial charge on any atom is 0.236 e. The van der Waals surface area contributed by atoms with Crippen molar-refractivity contribution in [3.05, 3.63) is 170 Å². The van der Waals surface area contributed by atoms with E-state index < -0.39 is 0 Å². The van der Waals surface area contributed by atoms with Crippen molar-refractivity contribution < 1.29 is 4.42 Å². The lowest BCUT2D eigenvalue weighted by molar-refractivity contribution is 0.666. The molecule has 0 radical (unpaired) electrons. The molecule has 0 aliphatic rings. The summed E-state index contributed by atoms with van der Waals surface area (Å²) in [6.07, 6.45) is 0. The van der Waals surface area contributed by atoms with Crippen LogP contribution in [-0.4, -0.2) is 19.1 Å². The molecule has 13 rings (SSSR count). The largest absolute Gasteiger partial charge is 0.452 e. The number of hydrogen-bond donors (Lipinski definition) is 0. The van der Waals surface area contributed by atoms with Gasteiger partial charge < -0.3 is 8.98 Å². The van der Waals surface area contributed by atoms with E-state index in [0.29, 0.717) is 11.5 Å². The third kappa shape index (κ3) is 3.76. The predicted octanol–water partition coefficient (Wildman–Crippen LogP) is 13.1. The summed E-state index contributed by atoms with van der Waals surface area (Å²) in [5.74, 6) is 0.611. The number of benzene rings is 8. The third-order valence-corrected chi connectivity index (χ3v) is 11.7. The molecule has 0 fully saturated rings. The zero-order chi connectivity index (χ0) is 35.8. The molecule has 5 heteroatoms. The Morgan fingerprint density at radius 2 is 0.927 bits per heavy atom. The molecule has 55 heavy (non-hydrogen) atoms. The van der Waals surface area contributed by atoms with Gasteiger partial charge in [-0.15, -0.1) is 0 Å². The minimum absolute atomic E-state index is 0.611. The van der Waals surface area contributed by atoms with Crippen LogP contribution in [0.1, 0.15) is 0 Å². The van der Waals surface area contributed by atoms with Crippen LogP contribution in [0.4, 0.5) is 0 Å². The highest BCUT2D eigenvalue weighted by Gasteiger charge is 2.26. The average Bonchev–Trinajstić information content (AvgIpc) is 3.90. The van der Waals surface area contributed by atoms with E-state index in [0.717, 1.165) is 38.8 Å². The zero-order valence-corrected chi connectivity index (χ0v) is 29.4. The fourth-order valence-electron chi connectivity index (χ4n) is 9.45. The van der Waals surface area contributed by atoms with Crippen LogP contribution in [0.3, 0.4) is 0 Å². The number of nitrogens with zero attached hydrogens (tertiary/aromatic N) is 4. The second kappa shape index (κ2) is 10.6. The van der Waals surface area contributed by atoms with Gasteiger partial charge in [-0.1, -0.05) is 127 Å². The number of rotatable bonds is 3. The SMILES string of the molecule is c1ccc(-c2nc(-n3c4cccc5c6ccccc6c6cccc7c6c6c(c54)c3ccc6n7-c3cccc4ccccc34)nc3c2oc2ccccc23)cc1. The van der Waals surface area contributed by atoms with Gasteiger partial charge in [-0.3, -0.25) is 4.57 Å². The van der Waals surface area contributed by atoms with Crippen molar-refractivity contribution >= 4 is 98.0 Å². The monoisotopic (exact) mass is 700 g/mol. The number of para-hydroxylation sites is 1. The molecular formula is C50H28N4O. The fraction of sp³-hybridized carbons (Fsp3) is 0. The second-order valence-electron chi connectivity index (χ2n) is 14.5. The van der Waals surface area contributed by atoms with Crippen molar-refractivity contribution in [1.29, 1.82) is 0 Å². The normalized spacial score (nSPS) is 12.4. The highest BCUT2D eigenvalue weighted by Crippen LogP contribution is 2.48. The maximum absolute atomic E-state index is 6.51. The van der Waals surface area contributed by atoms with Crippen molar-refractivity contribution in [3.63, 3.8) is 0 Å². The predicted molar refractivity (Wildman–Crippen MR) is 227 cm³/mol. The molecule has 0 aliphatic heterocycles.